The number of carbonyl (C=O) groups excluding carboxylic acids is 2. The first-order valence-electron chi connectivity index (χ1n) is 13.6. The number of benzene rings is 2. The van der Waals surface area contributed by atoms with Gasteiger partial charge in [0.05, 0.1) is 17.1 Å². The molecule has 40 heavy (non-hydrogen) atoms. The van der Waals surface area contributed by atoms with Crippen LogP contribution in [0.25, 0.3) is 16.9 Å². The standard InChI is InChI=1S/C30H35N7O3/c1-20(21-10-6-5-7-11-21)33-28-31-16-15-26(35-28)37-19-32-23-18-22(13-14-24(23)37)34-27(38)25-12-8-9-17-36(25)29(39)40-30(2,3)4/h5-7,10-11,13-16,18-20,25H,8-9,12,17H2,1-4H3,(H,34,38)(H,31,33,35)/t20-,25?/m0/s1. The molecular weight excluding hydrogens is 506 g/mol. The van der Waals surface area contributed by atoms with Gasteiger partial charge in [-0.1, -0.05) is 30.3 Å². The third-order valence-corrected chi connectivity index (χ3v) is 6.78. The lowest BCUT2D eigenvalue weighted by Crippen LogP contribution is -2.51. The minimum Gasteiger partial charge on any atom is -0.444 e. The first kappa shape index (κ1) is 27.1. The number of amides is 2. The van der Waals surface area contributed by atoms with Gasteiger partial charge in [-0.3, -0.25) is 14.3 Å². The van der Waals surface area contributed by atoms with Gasteiger partial charge in [0.15, 0.2) is 0 Å². The lowest BCUT2D eigenvalue weighted by atomic mass is 10.0. The van der Waals surface area contributed by atoms with Gasteiger partial charge in [0.2, 0.25) is 11.9 Å². The second kappa shape index (κ2) is 11.3. The summed E-state index contributed by atoms with van der Waals surface area (Å²) >= 11 is 0. The average molecular weight is 542 g/mol. The Hall–Kier alpha value is -4.47. The van der Waals surface area contributed by atoms with Crippen molar-refractivity contribution in [3.63, 3.8) is 0 Å². The maximum absolute atomic E-state index is 13.2. The number of hydrogen-bond acceptors (Lipinski definition) is 7. The van der Waals surface area contributed by atoms with Crippen LogP contribution in [0.4, 0.5) is 16.4 Å². The average Bonchev–Trinajstić information content (AvgIpc) is 3.36. The number of anilines is 2. The second-order valence-corrected chi connectivity index (χ2v) is 11.0. The molecular formula is C30H35N7O3. The molecule has 10 nitrogen and oxygen atoms in total. The summed E-state index contributed by atoms with van der Waals surface area (Å²) in [5.41, 5.74) is 2.67. The number of imidazole rings is 1. The molecule has 2 amide bonds. The summed E-state index contributed by atoms with van der Waals surface area (Å²) in [5, 5.41) is 6.33. The number of nitrogens with one attached hydrogen (secondary N) is 2. The topological polar surface area (TPSA) is 114 Å². The van der Waals surface area contributed by atoms with Gasteiger partial charge in [-0.25, -0.2) is 14.8 Å². The van der Waals surface area contributed by atoms with E-state index in [9.17, 15) is 9.59 Å². The molecule has 2 aromatic heterocycles. The van der Waals surface area contributed by atoms with Crippen LogP contribution in [0.5, 0.6) is 0 Å². The molecule has 1 aliphatic rings. The molecule has 1 saturated heterocycles. The van der Waals surface area contributed by atoms with Crippen LogP contribution < -0.4 is 10.6 Å². The fourth-order valence-corrected chi connectivity index (χ4v) is 4.81. The Morgan fingerprint density at radius 2 is 1.85 bits per heavy atom. The van der Waals surface area contributed by atoms with Gasteiger partial charge in [0.25, 0.3) is 0 Å². The summed E-state index contributed by atoms with van der Waals surface area (Å²) in [6.07, 6.45) is 5.27. The monoisotopic (exact) mass is 541 g/mol. The number of likely N-dealkylation sites (tertiary alicyclic amines) is 1. The minimum absolute atomic E-state index is 0.0394. The van der Waals surface area contributed by atoms with Gasteiger partial charge in [0.1, 0.15) is 23.8 Å². The Labute approximate surface area is 233 Å². The van der Waals surface area contributed by atoms with Crippen molar-refractivity contribution >= 4 is 34.7 Å². The van der Waals surface area contributed by atoms with Crippen molar-refractivity contribution in [2.45, 2.75) is 64.6 Å². The number of aromatic nitrogens is 4. The molecule has 3 heterocycles. The van der Waals surface area contributed by atoms with Crippen molar-refractivity contribution in [1.29, 1.82) is 0 Å². The Kier molecular flexibility index (Phi) is 7.68. The van der Waals surface area contributed by atoms with E-state index in [-0.39, 0.29) is 11.9 Å². The van der Waals surface area contributed by atoms with E-state index in [1.807, 2.05) is 67.8 Å². The van der Waals surface area contributed by atoms with Crippen LogP contribution in [0.3, 0.4) is 0 Å². The molecule has 1 fully saturated rings. The highest BCUT2D eigenvalue weighted by Crippen LogP contribution is 2.25. The minimum atomic E-state index is -0.625. The maximum Gasteiger partial charge on any atom is 0.410 e. The van der Waals surface area contributed by atoms with Crippen molar-refractivity contribution in [1.82, 2.24) is 24.4 Å². The van der Waals surface area contributed by atoms with Crippen molar-refractivity contribution < 1.29 is 14.3 Å². The van der Waals surface area contributed by atoms with Gasteiger partial charge in [0, 0.05) is 18.4 Å². The van der Waals surface area contributed by atoms with Crippen LogP contribution in [0, 0.1) is 0 Å². The summed E-state index contributed by atoms with van der Waals surface area (Å²) in [7, 11) is 0. The van der Waals surface area contributed by atoms with E-state index in [1.165, 1.54) is 4.90 Å². The molecule has 2 N–H and O–H groups in total. The van der Waals surface area contributed by atoms with Crippen LogP contribution in [-0.4, -0.2) is 54.6 Å². The Bertz CT molecular complexity index is 1500. The third kappa shape index (κ3) is 6.22. The normalized spacial score (nSPS) is 16.4. The number of hydrogen-bond donors (Lipinski definition) is 2. The zero-order chi connectivity index (χ0) is 28.3. The van der Waals surface area contributed by atoms with E-state index in [4.69, 9.17) is 9.72 Å². The highest BCUT2D eigenvalue weighted by molar-refractivity contribution is 5.98. The molecule has 0 bridgehead atoms. The van der Waals surface area contributed by atoms with Crippen LogP contribution in [0.15, 0.2) is 67.1 Å². The molecule has 0 radical (unpaired) electrons. The third-order valence-electron chi connectivity index (χ3n) is 6.78. The maximum atomic E-state index is 13.2. The summed E-state index contributed by atoms with van der Waals surface area (Å²) in [5.74, 6) is 0.956. The number of ether oxygens (including phenoxy) is 1. The van der Waals surface area contributed by atoms with Crippen LogP contribution >= 0.6 is 0 Å². The number of piperidine rings is 1. The van der Waals surface area contributed by atoms with Gasteiger partial charge in [-0.05, 0) is 76.8 Å². The van der Waals surface area contributed by atoms with E-state index in [2.05, 4.69) is 39.7 Å². The Balaban J connectivity index is 1.30. The van der Waals surface area contributed by atoms with Gasteiger partial charge in [-0.2, -0.15) is 4.98 Å². The smallest absolute Gasteiger partial charge is 0.410 e. The molecule has 2 aromatic carbocycles. The van der Waals surface area contributed by atoms with Crippen molar-refractivity contribution in [3.8, 4) is 5.82 Å². The number of fused-ring (bicyclic) bond motifs is 1. The molecule has 1 aliphatic heterocycles. The highest BCUT2D eigenvalue weighted by atomic mass is 16.6. The summed E-state index contributed by atoms with van der Waals surface area (Å²) < 4.78 is 7.42. The first-order chi connectivity index (χ1) is 19.2. The van der Waals surface area contributed by atoms with Crippen molar-refractivity contribution in [3.05, 3.63) is 72.7 Å². The Morgan fingerprint density at radius 1 is 1.05 bits per heavy atom. The van der Waals surface area contributed by atoms with E-state index in [0.717, 1.165) is 23.9 Å². The molecule has 0 aliphatic carbocycles. The van der Waals surface area contributed by atoms with E-state index in [0.29, 0.717) is 35.9 Å². The summed E-state index contributed by atoms with van der Waals surface area (Å²) in [6.45, 7) is 8.02. The van der Waals surface area contributed by atoms with Crippen LogP contribution in [0.1, 0.15) is 58.6 Å². The highest BCUT2D eigenvalue weighted by Gasteiger charge is 2.35. The van der Waals surface area contributed by atoms with Crippen molar-refractivity contribution in [2.24, 2.45) is 0 Å². The fourth-order valence-electron chi connectivity index (χ4n) is 4.81. The second-order valence-electron chi connectivity index (χ2n) is 11.0. The molecule has 2 atom stereocenters. The fraction of sp³-hybridized carbons (Fsp3) is 0.367. The molecule has 5 rings (SSSR count). The molecule has 10 heteroatoms. The zero-order valence-electron chi connectivity index (χ0n) is 23.3. The SMILES string of the molecule is C[C@H](Nc1nccc(-n2cnc3cc(NC(=O)C4CCCCN4C(=O)OC(C)(C)C)ccc32)n1)c1ccccc1. The van der Waals surface area contributed by atoms with Gasteiger partial charge < -0.3 is 15.4 Å². The predicted molar refractivity (Wildman–Crippen MR) is 154 cm³/mol. The largest absolute Gasteiger partial charge is 0.444 e. The predicted octanol–water partition coefficient (Wildman–Crippen LogP) is 5.72. The summed E-state index contributed by atoms with van der Waals surface area (Å²) in [6, 6.07) is 16.9. The van der Waals surface area contributed by atoms with E-state index < -0.39 is 17.7 Å². The van der Waals surface area contributed by atoms with E-state index in [1.54, 1.807) is 12.5 Å². The van der Waals surface area contributed by atoms with Gasteiger partial charge >= 0.3 is 6.09 Å². The lowest BCUT2D eigenvalue weighted by molar-refractivity contribution is -0.122. The lowest BCUT2D eigenvalue weighted by Gasteiger charge is -2.35. The molecule has 208 valence electrons. The van der Waals surface area contributed by atoms with Gasteiger partial charge in [-0.15, -0.1) is 0 Å². The number of rotatable bonds is 6. The summed E-state index contributed by atoms with van der Waals surface area (Å²) in [4.78, 5) is 41.1. The zero-order valence-corrected chi connectivity index (χ0v) is 23.3. The van der Waals surface area contributed by atoms with Crippen LogP contribution in [0.2, 0.25) is 0 Å². The quantitative estimate of drug-likeness (QED) is 0.321. The van der Waals surface area contributed by atoms with Crippen molar-refractivity contribution in [2.75, 3.05) is 17.2 Å². The molecule has 1 unspecified atom stereocenters. The number of carbonyl (C=O) groups is 2. The molecule has 4 aromatic rings. The number of nitrogens with zero attached hydrogens (tertiary/aromatic N) is 5. The molecule has 0 saturated carbocycles. The van der Waals surface area contributed by atoms with Crippen LogP contribution in [-0.2, 0) is 9.53 Å². The Morgan fingerprint density at radius 3 is 2.62 bits per heavy atom. The molecule has 0 spiro atoms. The van der Waals surface area contributed by atoms with E-state index >= 15 is 0 Å². The first-order valence-corrected chi connectivity index (χ1v) is 13.6.